The summed E-state index contributed by atoms with van der Waals surface area (Å²) in [5.74, 6) is 1.76. The number of aromatic nitrogens is 3. The average Bonchev–Trinajstić information content (AvgIpc) is 3.16. The Morgan fingerprint density at radius 3 is 3.00 bits per heavy atom. The molecule has 2 aromatic heterocycles. The van der Waals surface area contributed by atoms with Gasteiger partial charge < -0.3 is 9.42 Å². The van der Waals surface area contributed by atoms with Gasteiger partial charge in [-0.1, -0.05) is 11.2 Å². The standard InChI is InChI=1S/C17H21N5O2/c1-21-7-3-5-14(21)17-19-16(20-24-17)13-10-22(11-13)15(23)8-12-4-2-6-18-9-12/h2,4,6,9,13-14H,3,5,7-8,10-11H2,1H3. The number of rotatable bonds is 4. The van der Waals surface area contributed by atoms with Crippen LogP contribution in [0, 0.1) is 0 Å². The fourth-order valence-corrected chi connectivity index (χ4v) is 3.41. The Kier molecular flexibility index (Phi) is 4.02. The monoisotopic (exact) mass is 327 g/mol. The Morgan fingerprint density at radius 1 is 1.42 bits per heavy atom. The van der Waals surface area contributed by atoms with E-state index in [1.54, 1.807) is 12.4 Å². The van der Waals surface area contributed by atoms with Crippen LogP contribution < -0.4 is 0 Å². The number of amides is 1. The van der Waals surface area contributed by atoms with Gasteiger partial charge in [-0.25, -0.2) is 0 Å². The molecule has 1 amide bonds. The van der Waals surface area contributed by atoms with E-state index >= 15 is 0 Å². The van der Waals surface area contributed by atoms with Gasteiger partial charge >= 0.3 is 0 Å². The van der Waals surface area contributed by atoms with E-state index in [2.05, 4.69) is 27.1 Å². The van der Waals surface area contributed by atoms with E-state index in [9.17, 15) is 4.79 Å². The normalized spacial score (nSPS) is 21.9. The molecule has 2 aromatic rings. The third kappa shape index (κ3) is 2.91. The summed E-state index contributed by atoms with van der Waals surface area (Å²) >= 11 is 0. The van der Waals surface area contributed by atoms with Crippen molar-refractivity contribution in [3.8, 4) is 0 Å². The maximum atomic E-state index is 12.3. The van der Waals surface area contributed by atoms with Gasteiger partial charge in [0.1, 0.15) is 0 Å². The van der Waals surface area contributed by atoms with Crippen LogP contribution in [0.25, 0.3) is 0 Å². The zero-order chi connectivity index (χ0) is 16.5. The van der Waals surface area contributed by atoms with E-state index < -0.39 is 0 Å². The molecule has 0 N–H and O–H groups in total. The van der Waals surface area contributed by atoms with Crippen LogP contribution >= 0.6 is 0 Å². The first-order valence-electron chi connectivity index (χ1n) is 8.41. The number of carbonyl (C=O) groups is 1. The summed E-state index contributed by atoms with van der Waals surface area (Å²) in [6.45, 7) is 2.40. The topological polar surface area (TPSA) is 75.4 Å². The van der Waals surface area contributed by atoms with Crippen molar-refractivity contribution in [2.45, 2.75) is 31.2 Å². The smallest absolute Gasteiger partial charge is 0.243 e. The minimum absolute atomic E-state index is 0.124. The van der Waals surface area contributed by atoms with Gasteiger partial charge in [-0.2, -0.15) is 4.98 Å². The SMILES string of the molecule is CN1CCCC1c1nc(C2CN(C(=O)Cc3cccnc3)C2)no1. The minimum atomic E-state index is 0.124. The van der Waals surface area contributed by atoms with Crippen LogP contribution in [-0.2, 0) is 11.2 Å². The lowest BCUT2D eigenvalue weighted by molar-refractivity contribution is -0.135. The number of nitrogens with zero attached hydrogens (tertiary/aromatic N) is 5. The molecule has 0 aliphatic carbocycles. The van der Waals surface area contributed by atoms with Crippen molar-refractivity contribution in [1.29, 1.82) is 0 Å². The lowest BCUT2D eigenvalue weighted by Crippen LogP contribution is -2.49. The summed E-state index contributed by atoms with van der Waals surface area (Å²) in [6, 6.07) is 4.02. The maximum absolute atomic E-state index is 12.3. The molecule has 0 spiro atoms. The molecule has 1 atom stereocenters. The van der Waals surface area contributed by atoms with Crippen molar-refractivity contribution < 1.29 is 9.32 Å². The minimum Gasteiger partial charge on any atom is -0.341 e. The number of carbonyl (C=O) groups excluding carboxylic acids is 1. The Labute approximate surface area is 140 Å². The quantitative estimate of drug-likeness (QED) is 0.845. The van der Waals surface area contributed by atoms with Crippen LogP contribution in [0.5, 0.6) is 0 Å². The maximum Gasteiger partial charge on any atom is 0.243 e. The molecule has 0 saturated carbocycles. The largest absolute Gasteiger partial charge is 0.341 e. The van der Waals surface area contributed by atoms with Crippen molar-refractivity contribution in [1.82, 2.24) is 24.9 Å². The van der Waals surface area contributed by atoms with Crippen LogP contribution in [0.2, 0.25) is 0 Å². The van der Waals surface area contributed by atoms with Crippen molar-refractivity contribution >= 4 is 5.91 Å². The molecule has 4 rings (SSSR count). The lowest BCUT2D eigenvalue weighted by Gasteiger charge is -2.37. The summed E-state index contributed by atoms with van der Waals surface area (Å²) in [6.07, 6.45) is 6.07. The van der Waals surface area contributed by atoms with E-state index in [4.69, 9.17) is 4.52 Å². The van der Waals surface area contributed by atoms with Gasteiger partial charge in [0, 0.05) is 25.5 Å². The molecule has 2 aliphatic rings. The molecule has 4 heterocycles. The van der Waals surface area contributed by atoms with Gasteiger partial charge in [-0.15, -0.1) is 0 Å². The van der Waals surface area contributed by atoms with E-state index in [0.29, 0.717) is 25.4 Å². The third-order valence-corrected chi connectivity index (χ3v) is 4.94. The van der Waals surface area contributed by atoms with E-state index in [0.717, 1.165) is 24.4 Å². The molecule has 1 unspecified atom stereocenters. The summed E-state index contributed by atoms with van der Waals surface area (Å²) in [4.78, 5) is 25.0. The van der Waals surface area contributed by atoms with Crippen LogP contribution in [0.3, 0.4) is 0 Å². The first kappa shape index (κ1) is 15.3. The molecule has 126 valence electrons. The summed E-state index contributed by atoms with van der Waals surface area (Å²) < 4.78 is 5.45. The Hall–Kier alpha value is -2.28. The zero-order valence-corrected chi connectivity index (χ0v) is 13.8. The zero-order valence-electron chi connectivity index (χ0n) is 13.8. The Morgan fingerprint density at radius 2 is 2.29 bits per heavy atom. The molecule has 2 saturated heterocycles. The number of pyridine rings is 1. The fourth-order valence-electron chi connectivity index (χ4n) is 3.41. The van der Waals surface area contributed by atoms with Crippen molar-refractivity contribution in [2.24, 2.45) is 0 Å². The molecule has 0 aromatic carbocycles. The molecule has 7 nitrogen and oxygen atoms in total. The van der Waals surface area contributed by atoms with Gasteiger partial charge in [0.25, 0.3) is 0 Å². The molecule has 2 fully saturated rings. The van der Waals surface area contributed by atoms with E-state index in [-0.39, 0.29) is 17.9 Å². The van der Waals surface area contributed by atoms with Crippen molar-refractivity contribution in [3.05, 3.63) is 41.8 Å². The third-order valence-electron chi connectivity index (χ3n) is 4.94. The van der Waals surface area contributed by atoms with Gasteiger partial charge in [-0.3, -0.25) is 14.7 Å². The van der Waals surface area contributed by atoms with Gasteiger partial charge in [0.05, 0.1) is 18.4 Å². The molecular weight excluding hydrogens is 306 g/mol. The fraction of sp³-hybridized carbons (Fsp3) is 0.529. The summed E-state index contributed by atoms with van der Waals surface area (Å²) in [7, 11) is 2.09. The first-order valence-corrected chi connectivity index (χ1v) is 8.41. The second kappa shape index (κ2) is 6.32. The number of likely N-dealkylation sites (tertiary alicyclic amines) is 2. The Balaban J connectivity index is 1.33. The van der Waals surface area contributed by atoms with Crippen LogP contribution in [0.1, 0.15) is 42.1 Å². The molecule has 0 radical (unpaired) electrons. The van der Waals surface area contributed by atoms with Gasteiger partial charge in [0.15, 0.2) is 5.82 Å². The van der Waals surface area contributed by atoms with Crippen LogP contribution in [-0.4, -0.2) is 57.5 Å². The lowest BCUT2D eigenvalue weighted by atomic mass is 9.98. The van der Waals surface area contributed by atoms with E-state index in [1.807, 2.05) is 17.0 Å². The van der Waals surface area contributed by atoms with Crippen LogP contribution in [0.15, 0.2) is 29.0 Å². The van der Waals surface area contributed by atoms with Gasteiger partial charge in [-0.05, 0) is 38.1 Å². The second-order valence-corrected chi connectivity index (χ2v) is 6.66. The van der Waals surface area contributed by atoms with Crippen LogP contribution in [0.4, 0.5) is 0 Å². The molecule has 0 bridgehead atoms. The van der Waals surface area contributed by atoms with Gasteiger partial charge in [0.2, 0.25) is 11.8 Å². The van der Waals surface area contributed by atoms with Crippen molar-refractivity contribution in [3.63, 3.8) is 0 Å². The first-order chi connectivity index (χ1) is 11.7. The second-order valence-electron chi connectivity index (χ2n) is 6.66. The van der Waals surface area contributed by atoms with Crippen molar-refractivity contribution in [2.75, 3.05) is 26.7 Å². The average molecular weight is 327 g/mol. The number of hydrogen-bond donors (Lipinski definition) is 0. The highest BCUT2D eigenvalue weighted by Gasteiger charge is 2.36. The summed E-state index contributed by atoms with van der Waals surface area (Å²) in [5.41, 5.74) is 0.942. The predicted octanol–water partition coefficient (Wildman–Crippen LogP) is 1.40. The number of hydrogen-bond acceptors (Lipinski definition) is 6. The molecule has 2 aliphatic heterocycles. The Bertz CT molecular complexity index is 711. The molecule has 7 heteroatoms. The highest BCUT2D eigenvalue weighted by atomic mass is 16.5. The highest BCUT2D eigenvalue weighted by molar-refractivity contribution is 5.79. The van der Waals surface area contributed by atoms with E-state index in [1.165, 1.54) is 6.42 Å². The highest BCUT2D eigenvalue weighted by Crippen LogP contribution is 2.31. The summed E-state index contributed by atoms with van der Waals surface area (Å²) in [5, 5.41) is 4.13. The molecule has 24 heavy (non-hydrogen) atoms. The predicted molar refractivity (Wildman–Crippen MR) is 86.2 cm³/mol. The molecular formula is C17H21N5O2.